The third-order valence-electron chi connectivity index (χ3n) is 4.78. The van der Waals surface area contributed by atoms with Crippen molar-refractivity contribution in [2.75, 3.05) is 6.61 Å². The third kappa shape index (κ3) is 3.04. The zero-order valence-corrected chi connectivity index (χ0v) is 15.6. The van der Waals surface area contributed by atoms with E-state index >= 15 is 0 Å². The van der Waals surface area contributed by atoms with Crippen LogP contribution >= 0.6 is 12.2 Å². The minimum atomic E-state index is -0.708. The molecule has 0 aliphatic carbocycles. The van der Waals surface area contributed by atoms with Crippen LogP contribution in [0.15, 0.2) is 47.8 Å². The summed E-state index contributed by atoms with van der Waals surface area (Å²) in [5, 5.41) is -0.0112. The van der Waals surface area contributed by atoms with Gasteiger partial charge in [0, 0.05) is 12.2 Å². The number of hydrogen-bond acceptors (Lipinski definition) is 9. The van der Waals surface area contributed by atoms with Crippen LogP contribution in [0.2, 0.25) is 0 Å². The van der Waals surface area contributed by atoms with E-state index in [0.29, 0.717) is 11.2 Å². The number of aromatic nitrogens is 4. The van der Waals surface area contributed by atoms with E-state index in [9.17, 15) is 9.59 Å². The highest BCUT2D eigenvalue weighted by atomic mass is 32.1. The number of aromatic amines is 1. The molecule has 0 saturated carbocycles. The molecule has 0 radical (unpaired) electrons. The Balaban J connectivity index is 1.39. The highest BCUT2D eigenvalue weighted by molar-refractivity contribution is 7.79. The Kier molecular flexibility index (Phi) is 4.25. The average molecular weight is 414 g/mol. The lowest BCUT2D eigenvalue weighted by Gasteiger charge is -2.18. The van der Waals surface area contributed by atoms with Gasteiger partial charge in [-0.3, -0.25) is 9.36 Å². The molecule has 148 valence electrons. The number of H-pyrrole nitrogens is 1. The van der Waals surface area contributed by atoms with Gasteiger partial charge in [0.15, 0.2) is 29.6 Å². The van der Waals surface area contributed by atoms with Crippen LogP contribution in [0.25, 0.3) is 11.2 Å². The first-order valence-electron chi connectivity index (χ1n) is 8.77. The first-order chi connectivity index (χ1) is 14.1. The van der Waals surface area contributed by atoms with E-state index in [1.807, 2.05) is 6.07 Å². The summed E-state index contributed by atoms with van der Waals surface area (Å²) in [6, 6.07) is 8.63. The maximum Gasteiger partial charge on any atom is 0.353 e. The number of thiocarbonyl (C=S) groups is 1. The van der Waals surface area contributed by atoms with Gasteiger partial charge in [0.1, 0.15) is 12.7 Å². The molecule has 4 atom stereocenters. The Labute approximate surface area is 168 Å². The number of rotatable bonds is 4. The van der Waals surface area contributed by atoms with E-state index in [2.05, 4.69) is 15.0 Å². The number of carbonyl (C=O) groups excluding carboxylic acids is 1. The van der Waals surface area contributed by atoms with Gasteiger partial charge in [0.25, 0.3) is 5.56 Å². The number of nitrogens with one attached hydrogen (secondary N) is 1. The van der Waals surface area contributed by atoms with Crippen molar-refractivity contribution in [1.29, 1.82) is 0 Å². The molecule has 0 bridgehead atoms. The summed E-state index contributed by atoms with van der Waals surface area (Å²) < 4.78 is 24.2. The molecule has 3 aromatic rings. The number of benzene rings is 1. The van der Waals surface area contributed by atoms with Crippen molar-refractivity contribution < 1.29 is 23.7 Å². The van der Waals surface area contributed by atoms with Crippen LogP contribution in [0.4, 0.5) is 0 Å². The standard InChI is InChI=1S/C18H14N4O6S/c23-15-11-14(19-7-20-15)22(8-21-11)16-13-12(27-18(29)28-13)10(26-16)6-25-17(24)9-4-2-1-3-5-9/h1-5,7-8,10,12-13,16H,6H2,(H,19,20,23)/t10-,12+,13+,16-/m0/s1. The Bertz CT molecular complexity index is 1150. The molecule has 1 N–H and O–H groups in total. The fourth-order valence-electron chi connectivity index (χ4n) is 3.45. The molecule has 2 aromatic heterocycles. The Morgan fingerprint density at radius 2 is 2.00 bits per heavy atom. The fourth-order valence-corrected chi connectivity index (χ4v) is 3.67. The summed E-state index contributed by atoms with van der Waals surface area (Å²) in [7, 11) is 0. The van der Waals surface area contributed by atoms with Crippen molar-refractivity contribution in [2.45, 2.75) is 24.5 Å². The zero-order chi connectivity index (χ0) is 20.0. The van der Waals surface area contributed by atoms with E-state index in [4.69, 9.17) is 31.2 Å². The van der Waals surface area contributed by atoms with Crippen LogP contribution in [0, 0.1) is 0 Å². The number of fused-ring (bicyclic) bond motifs is 2. The lowest BCUT2D eigenvalue weighted by Crippen LogP contribution is -2.32. The molecule has 0 spiro atoms. The summed E-state index contributed by atoms with van der Waals surface area (Å²) in [6.45, 7) is -0.0575. The number of nitrogens with zero attached hydrogens (tertiary/aromatic N) is 3. The van der Waals surface area contributed by atoms with Gasteiger partial charge in [-0.1, -0.05) is 18.2 Å². The smallest absolute Gasteiger partial charge is 0.353 e. The molecule has 2 saturated heterocycles. The molecule has 0 amide bonds. The van der Waals surface area contributed by atoms with Crippen LogP contribution in [0.3, 0.4) is 0 Å². The molecule has 11 heteroatoms. The largest absolute Gasteiger partial charge is 0.459 e. The van der Waals surface area contributed by atoms with Crippen LogP contribution in [-0.4, -0.2) is 55.6 Å². The summed E-state index contributed by atoms with van der Waals surface area (Å²) in [6.07, 6.45) is 0.220. The first-order valence-corrected chi connectivity index (χ1v) is 9.18. The van der Waals surface area contributed by atoms with E-state index < -0.39 is 30.5 Å². The summed E-state index contributed by atoms with van der Waals surface area (Å²) in [5.41, 5.74) is 0.575. The maximum atomic E-state index is 12.2. The fraction of sp³-hybridized carbons (Fsp3) is 0.278. The minimum Gasteiger partial charge on any atom is -0.459 e. The molecule has 1 aromatic carbocycles. The molecule has 29 heavy (non-hydrogen) atoms. The number of ether oxygens (including phenoxy) is 4. The molecule has 10 nitrogen and oxygen atoms in total. The van der Waals surface area contributed by atoms with Gasteiger partial charge in [-0.25, -0.2) is 14.8 Å². The third-order valence-corrected chi connectivity index (χ3v) is 4.97. The van der Waals surface area contributed by atoms with Gasteiger partial charge in [0.2, 0.25) is 0 Å². The highest BCUT2D eigenvalue weighted by Gasteiger charge is 2.54. The lowest BCUT2D eigenvalue weighted by atomic mass is 10.1. The summed E-state index contributed by atoms with van der Waals surface area (Å²) in [5.74, 6) is -0.475. The van der Waals surface area contributed by atoms with Gasteiger partial charge in [0.05, 0.1) is 18.2 Å². The van der Waals surface area contributed by atoms with Crippen LogP contribution in [0.1, 0.15) is 16.6 Å². The first kappa shape index (κ1) is 17.8. The van der Waals surface area contributed by atoms with E-state index in [0.717, 1.165) is 0 Å². The molecule has 2 aliphatic heterocycles. The maximum absolute atomic E-state index is 12.2. The van der Waals surface area contributed by atoms with E-state index in [1.54, 1.807) is 28.8 Å². The number of esters is 1. The van der Waals surface area contributed by atoms with Crippen molar-refractivity contribution in [1.82, 2.24) is 19.5 Å². The Morgan fingerprint density at radius 3 is 2.83 bits per heavy atom. The summed E-state index contributed by atoms with van der Waals surface area (Å²) in [4.78, 5) is 34.9. The average Bonchev–Trinajstić information content (AvgIpc) is 3.41. The molecule has 4 heterocycles. The molecule has 5 rings (SSSR count). The van der Waals surface area contributed by atoms with Crippen molar-refractivity contribution >= 4 is 34.6 Å². The van der Waals surface area contributed by atoms with Crippen molar-refractivity contribution in [3.63, 3.8) is 0 Å². The minimum absolute atomic E-state index is 0.0112. The zero-order valence-electron chi connectivity index (χ0n) is 14.8. The SMILES string of the molecule is O=C(OC[C@@H]1O[C@H](n2cnc3c(=O)[nH]cnc32)[C@@H]2OC(=S)O[C@@H]21)c1ccccc1. The Morgan fingerprint density at radius 1 is 1.21 bits per heavy atom. The van der Waals surface area contributed by atoms with Gasteiger partial charge in [-0.05, 0) is 12.1 Å². The lowest BCUT2D eigenvalue weighted by molar-refractivity contribution is -0.0648. The molecular formula is C18H14N4O6S. The van der Waals surface area contributed by atoms with Crippen LogP contribution < -0.4 is 5.56 Å². The second kappa shape index (κ2) is 6.94. The summed E-state index contributed by atoms with van der Waals surface area (Å²) >= 11 is 5.03. The Hall–Kier alpha value is -3.31. The molecular weight excluding hydrogens is 400 g/mol. The number of imidazole rings is 1. The van der Waals surface area contributed by atoms with Crippen LogP contribution in [0.5, 0.6) is 0 Å². The number of carbonyl (C=O) groups is 1. The topological polar surface area (TPSA) is 118 Å². The van der Waals surface area contributed by atoms with Crippen molar-refractivity contribution in [3.05, 3.63) is 58.9 Å². The normalized spacial score (nSPS) is 25.4. The molecule has 2 aliphatic rings. The van der Waals surface area contributed by atoms with Gasteiger partial charge < -0.3 is 23.9 Å². The van der Waals surface area contributed by atoms with Gasteiger partial charge >= 0.3 is 11.2 Å². The monoisotopic (exact) mass is 414 g/mol. The second-order valence-electron chi connectivity index (χ2n) is 6.50. The second-order valence-corrected chi connectivity index (χ2v) is 6.83. The predicted molar refractivity (Wildman–Crippen MR) is 101 cm³/mol. The van der Waals surface area contributed by atoms with E-state index in [-0.39, 0.29) is 22.9 Å². The van der Waals surface area contributed by atoms with Crippen LogP contribution in [-0.2, 0) is 18.9 Å². The highest BCUT2D eigenvalue weighted by Crippen LogP contribution is 2.39. The van der Waals surface area contributed by atoms with E-state index in [1.165, 1.54) is 12.7 Å². The van der Waals surface area contributed by atoms with Crippen molar-refractivity contribution in [2.24, 2.45) is 0 Å². The molecule has 0 unspecified atom stereocenters. The predicted octanol–water partition coefficient (Wildman–Crippen LogP) is 0.943. The molecule has 2 fully saturated rings. The van der Waals surface area contributed by atoms with Crippen molar-refractivity contribution in [3.8, 4) is 0 Å². The van der Waals surface area contributed by atoms with Gasteiger partial charge in [-0.2, -0.15) is 0 Å². The van der Waals surface area contributed by atoms with Gasteiger partial charge in [-0.15, -0.1) is 0 Å². The number of hydrogen-bond donors (Lipinski definition) is 1. The quantitative estimate of drug-likeness (QED) is 0.492.